The number of urea groups is 1. The molecule has 2 aromatic rings. The van der Waals surface area contributed by atoms with Crippen molar-refractivity contribution in [1.29, 1.82) is 5.26 Å². The highest BCUT2D eigenvalue weighted by atomic mass is 32.2. The van der Waals surface area contributed by atoms with Crippen LogP contribution in [0.25, 0.3) is 0 Å². The minimum Gasteiger partial charge on any atom is -0.481 e. The van der Waals surface area contributed by atoms with Gasteiger partial charge in [0.25, 0.3) is 0 Å². The molecular formula is C21H21N3O3S. The van der Waals surface area contributed by atoms with Gasteiger partial charge < -0.3 is 15.7 Å². The molecule has 0 bridgehead atoms. The number of amides is 2. The van der Waals surface area contributed by atoms with Crippen LogP contribution in [-0.2, 0) is 4.79 Å². The van der Waals surface area contributed by atoms with Crippen molar-refractivity contribution in [3.63, 3.8) is 0 Å². The van der Waals surface area contributed by atoms with E-state index in [1.165, 1.54) is 11.8 Å². The van der Waals surface area contributed by atoms with Crippen LogP contribution in [0.1, 0.15) is 31.2 Å². The van der Waals surface area contributed by atoms with E-state index < -0.39 is 5.97 Å². The largest absolute Gasteiger partial charge is 0.481 e. The van der Waals surface area contributed by atoms with Crippen molar-refractivity contribution in [2.24, 2.45) is 5.92 Å². The molecule has 0 spiro atoms. The number of benzene rings is 2. The number of anilines is 1. The van der Waals surface area contributed by atoms with Crippen molar-refractivity contribution < 1.29 is 14.7 Å². The fourth-order valence-corrected chi connectivity index (χ4v) is 4.11. The van der Waals surface area contributed by atoms with E-state index >= 15 is 0 Å². The van der Waals surface area contributed by atoms with E-state index in [1.54, 1.807) is 6.07 Å². The number of hydrogen-bond donors (Lipinski definition) is 3. The molecule has 2 aromatic carbocycles. The summed E-state index contributed by atoms with van der Waals surface area (Å²) in [5.74, 6) is -1.05. The van der Waals surface area contributed by atoms with E-state index in [0.717, 1.165) is 9.79 Å². The van der Waals surface area contributed by atoms with Gasteiger partial charge in [0.05, 0.1) is 11.5 Å². The molecule has 1 aliphatic carbocycles. The number of hydrogen-bond acceptors (Lipinski definition) is 4. The molecule has 28 heavy (non-hydrogen) atoms. The first-order chi connectivity index (χ1) is 13.5. The summed E-state index contributed by atoms with van der Waals surface area (Å²) in [6.07, 6.45) is 2.54. The number of nitrogens with one attached hydrogen (secondary N) is 2. The van der Waals surface area contributed by atoms with Gasteiger partial charge in [-0.2, -0.15) is 5.26 Å². The van der Waals surface area contributed by atoms with Crippen LogP contribution in [0.4, 0.5) is 10.5 Å². The molecule has 0 atom stereocenters. The van der Waals surface area contributed by atoms with Crippen molar-refractivity contribution in [2.75, 3.05) is 5.32 Å². The maximum Gasteiger partial charge on any atom is 0.319 e. The van der Waals surface area contributed by atoms with E-state index in [2.05, 4.69) is 16.7 Å². The van der Waals surface area contributed by atoms with Gasteiger partial charge in [0, 0.05) is 21.5 Å². The summed E-state index contributed by atoms with van der Waals surface area (Å²) >= 11 is 1.50. The van der Waals surface area contributed by atoms with Gasteiger partial charge in [0.2, 0.25) is 0 Å². The highest BCUT2D eigenvalue weighted by molar-refractivity contribution is 7.99. The molecule has 3 N–H and O–H groups in total. The number of aliphatic carboxylic acids is 1. The summed E-state index contributed by atoms with van der Waals surface area (Å²) in [7, 11) is 0. The van der Waals surface area contributed by atoms with E-state index in [1.807, 2.05) is 42.5 Å². The molecule has 3 rings (SSSR count). The first-order valence-corrected chi connectivity index (χ1v) is 9.94. The predicted octanol–water partition coefficient (Wildman–Crippen LogP) is 4.47. The summed E-state index contributed by atoms with van der Waals surface area (Å²) in [6.45, 7) is 0. The maximum absolute atomic E-state index is 12.2. The SMILES string of the molecule is N#Cc1ccccc1Sc1ccc(NC(=O)NC2CCC(C(=O)O)CC2)cc1. The van der Waals surface area contributed by atoms with Gasteiger partial charge in [-0.25, -0.2) is 4.79 Å². The Balaban J connectivity index is 1.51. The van der Waals surface area contributed by atoms with Crippen LogP contribution in [0.5, 0.6) is 0 Å². The van der Waals surface area contributed by atoms with Gasteiger partial charge in [-0.05, 0) is 62.1 Å². The molecule has 0 heterocycles. The first-order valence-electron chi connectivity index (χ1n) is 9.12. The molecule has 1 fully saturated rings. The molecule has 0 saturated heterocycles. The van der Waals surface area contributed by atoms with Crippen LogP contribution in [0, 0.1) is 17.2 Å². The zero-order valence-corrected chi connectivity index (χ0v) is 16.0. The van der Waals surface area contributed by atoms with Crippen molar-refractivity contribution >= 4 is 29.4 Å². The molecule has 0 radical (unpaired) electrons. The van der Waals surface area contributed by atoms with Crippen LogP contribution in [0.15, 0.2) is 58.3 Å². The van der Waals surface area contributed by atoms with E-state index in [9.17, 15) is 9.59 Å². The number of carboxylic acids is 1. The number of nitrogens with zero attached hydrogens (tertiary/aromatic N) is 1. The Labute approximate surface area is 167 Å². The summed E-state index contributed by atoms with van der Waals surface area (Å²) in [5, 5.41) is 23.9. The van der Waals surface area contributed by atoms with Gasteiger partial charge in [-0.1, -0.05) is 23.9 Å². The zero-order valence-electron chi connectivity index (χ0n) is 15.2. The van der Waals surface area contributed by atoms with Crippen molar-refractivity contribution in [1.82, 2.24) is 5.32 Å². The molecule has 0 aromatic heterocycles. The molecule has 0 unspecified atom stereocenters. The van der Waals surface area contributed by atoms with E-state index in [0.29, 0.717) is 36.9 Å². The van der Waals surface area contributed by atoms with Crippen LogP contribution < -0.4 is 10.6 Å². The molecular weight excluding hydrogens is 374 g/mol. The van der Waals surface area contributed by atoms with E-state index in [4.69, 9.17) is 10.4 Å². The van der Waals surface area contributed by atoms with Gasteiger partial charge in [0.1, 0.15) is 6.07 Å². The van der Waals surface area contributed by atoms with Crippen LogP contribution in [0.2, 0.25) is 0 Å². The van der Waals surface area contributed by atoms with Crippen LogP contribution >= 0.6 is 11.8 Å². The second kappa shape index (κ2) is 9.29. The lowest BCUT2D eigenvalue weighted by Crippen LogP contribution is -2.40. The molecule has 2 amide bonds. The average Bonchev–Trinajstić information content (AvgIpc) is 2.70. The zero-order chi connectivity index (χ0) is 19.9. The normalized spacial score (nSPS) is 18.7. The van der Waals surface area contributed by atoms with Gasteiger partial charge in [-0.3, -0.25) is 4.79 Å². The first kappa shape index (κ1) is 19.8. The molecule has 1 aliphatic rings. The highest BCUT2D eigenvalue weighted by Crippen LogP contribution is 2.31. The number of carbonyl (C=O) groups excluding carboxylic acids is 1. The molecule has 1 saturated carbocycles. The second-order valence-corrected chi connectivity index (χ2v) is 7.84. The fraction of sp³-hybridized carbons (Fsp3) is 0.286. The standard InChI is InChI=1S/C21H21N3O3S/c22-13-15-3-1-2-4-19(15)28-18-11-9-17(10-12-18)24-21(27)23-16-7-5-14(6-8-16)20(25)26/h1-4,9-12,14,16H,5-8H2,(H,25,26)(H2,23,24,27). The third kappa shape index (κ3) is 5.27. The lowest BCUT2D eigenvalue weighted by Gasteiger charge is -2.26. The monoisotopic (exact) mass is 395 g/mol. The summed E-state index contributed by atoms with van der Waals surface area (Å²) in [4.78, 5) is 25.0. The highest BCUT2D eigenvalue weighted by Gasteiger charge is 2.26. The Kier molecular flexibility index (Phi) is 6.56. The van der Waals surface area contributed by atoms with Gasteiger partial charge >= 0.3 is 12.0 Å². The van der Waals surface area contributed by atoms with Crippen molar-refractivity contribution in [3.8, 4) is 6.07 Å². The molecule has 0 aliphatic heterocycles. The minimum absolute atomic E-state index is 0.00733. The lowest BCUT2D eigenvalue weighted by atomic mass is 9.86. The number of nitriles is 1. The smallest absolute Gasteiger partial charge is 0.319 e. The molecule has 6 nitrogen and oxygen atoms in total. The Hall–Kier alpha value is -2.98. The lowest BCUT2D eigenvalue weighted by molar-refractivity contribution is -0.142. The topological polar surface area (TPSA) is 102 Å². The quantitative estimate of drug-likeness (QED) is 0.693. The Bertz CT molecular complexity index is 885. The fourth-order valence-electron chi connectivity index (χ4n) is 3.22. The minimum atomic E-state index is -0.752. The third-order valence-corrected chi connectivity index (χ3v) is 5.84. The number of carbonyl (C=O) groups is 2. The third-order valence-electron chi connectivity index (χ3n) is 4.76. The Morgan fingerprint density at radius 1 is 1.04 bits per heavy atom. The predicted molar refractivity (Wildman–Crippen MR) is 107 cm³/mol. The van der Waals surface area contributed by atoms with Crippen LogP contribution in [0.3, 0.4) is 0 Å². The van der Waals surface area contributed by atoms with Crippen molar-refractivity contribution in [3.05, 3.63) is 54.1 Å². The summed E-state index contributed by atoms with van der Waals surface area (Å²) in [6, 6.07) is 16.8. The number of carboxylic acid groups (broad SMARTS) is 1. The van der Waals surface area contributed by atoms with Gasteiger partial charge in [0.15, 0.2) is 0 Å². The summed E-state index contributed by atoms with van der Waals surface area (Å²) in [5.41, 5.74) is 1.31. The maximum atomic E-state index is 12.2. The Morgan fingerprint density at radius 2 is 1.71 bits per heavy atom. The average molecular weight is 395 g/mol. The molecule has 7 heteroatoms. The molecule has 144 valence electrons. The Morgan fingerprint density at radius 3 is 2.36 bits per heavy atom. The summed E-state index contributed by atoms with van der Waals surface area (Å²) < 4.78 is 0. The second-order valence-electron chi connectivity index (χ2n) is 6.72. The van der Waals surface area contributed by atoms with Gasteiger partial charge in [-0.15, -0.1) is 0 Å². The van der Waals surface area contributed by atoms with E-state index in [-0.39, 0.29) is 18.0 Å². The van der Waals surface area contributed by atoms with Crippen molar-refractivity contribution in [2.45, 2.75) is 41.5 Å². The van der Waals surface area contributed by atoms with Crippen LogP contribution in [-0.4, -0.2) is 23.1 Å². The number of rotatable bonds is 5.